The van der Waals surface area contributed by atoms with Gasteiger partial charge in [-0.15, -0.1) is 0 Å². The standard InChI is InChI=1S/C13H20BrN3O2S/c1-9(2)4-10-7-17(8-10)13-12(16-20(3,18)19)5-11(14)6-15-13/h5-6,9-10,16H,4,7-8H2,1-3H3. The maximum absolute atomic E-state index is 11.4. The first-order chi connectivity index (χ1) is 9.24. The topological polar surface area (TPSA) is 62.3 Å². The summed E-state index contributed by atoms with van der Waals surface area (Å²) in [5, 5.41) is 0. The van der Waals surface area contributed by atoms with E-state index in [-0.39, 0.29) is 0 Å². The third-order valence-electron chi connectivity index (χ3n) is 3.19. The number of hydrogen-bond donors (Lipinski definition) is 1. The van der Waals surface area contributed by atoms with Gasteiger partial charge in [0.25, 0.3) is 0 Å². The Bertz CT molecular complexity index is 583. The molecule has 0 atom stereocenters. The van der Waals surface area contributed by atoms with Crippen LogP contribution in [-0.4, -0.2) is 32.7 Å². The van der Waals surface area contributed by atoms with Crippen LogP contribution in [0, 0.1) is 11.8 Å². The van der Waals surface area contributed by atoms with E-state index in [1.165, 1.54) is 6.42 Å². The van der Waals surface area contributed by atoms with Crippen molar-refractivity contribution in [3.8, 4) is 0 Å². The van der Waals surface area contributed by atoms with Crippen molar-refractivity contribution in [1.82, 2.24) is 4.98 Å². The number of halogens is 1. The first kappa shape index (κ1) is 15.6. The Labute approximate surface area is 129 Å². The summed E-state index contributed by atoms with van der Waals surface area (Å²) in [6.45, 7) is 6.31. The number of pyridine rings is 1. The van der Waals surface area contributed by atoms with Gasteiger partial charge in [0.1, 0.15) is 0 Å². The van der Waals surface area contributed by atoms with Crippen LogP contribution in [0.25, 0.3) is 0 Å². The van der Waals surface area contributed by atoms with Crippen molar-refractivity contribution in [1.29, 1.82) is 0 Å². The van der Waals surface area contributed by atoms with E-state index in [0.29, 0.717) is 23.3 Å². The lowest BCUT2D eigenvalue weighted by Gasteiger charge is -2.41. The summed E-state index contributed by atoms with van der Waals surface area (Å²) >= 11 is 3.32. The van der Waals surface area contributed by atoms with Gasteiger partial charge in [0.2, 0.25) is 10.0 Å². The highest BCUT2D eigenvalue weighted by atomic mass is 79.9. The number of nitrogens with one attached hydrogen (secondary N) is 1. The van der Waals surface area contributed by atoms with Gasteiger partial charge >= 0.3 is 0 Å². The molecule has 2 heterocycles. The molecule has 112 valence electrons. The van der Waals surface area contributed by atoms with E-state index in [1.54, 1.807) is 12.3 Å². The smallest absolute Gasteiger partial charge is 0.229 e. The molecule has 1 saturated heterocycles. The molecule has 1 N–H and O–H groups in total. The minimum absolute atomic E-state index is 0.532. The zero-order chi connectivity index (χ0) is 14.9. The maximum atomic E-state index is 11.4. The van der Waals surface area contributed by atoms with Crippen LogP contribution in [0.5, 0.6) is 0 Å². The van der Waals surface area contributed by atoms with Gasteiger partial charge in [-0.2, -0.15) is 0 Å². The number of sulfonamides is 1. The highest BCUT2D eigenvalue weighted by molar-refractivity contribution is 9.10. The Morgan fingerprint density at radius 1 is 1.50 bits per heavy atom. The zero-order valence-electron chi connectivity index (χ0n) is 11.9. The Kier molecular flexibility index (Phi) is 4.59. The minimum atomic E-state index is -3.30. The van der Waals surface area contributed by atoms with Crippen molar-refractivity contribution in [2.75, 3.05) is 29.0 Å². The largest absolute Gasteiger partial charge is 0.354 e. The normalized spacial score (nSPS) is 16.4. The fourth-order valence-electron chi connectivity index (χ4n) is 2.52. The molecule has 0 unspecified atom stereocenters. The van der Waals surface area contributed by atoms with Crippen molar-refractivity contribution >= 4 is 37.5 Å². The highest BCUT2D eigenvalue weighted by Gasteiger charge is 2.30. The molecular formula is C13H20BrN3O2S. The van der Waals surface area contributed by atoms with Crippen LogP contribution in [0.3, 0.4) is 0 Å². The van der Waals surface area contributed by atoms with E-state index in [2.05, 4.69) is 44.4 Å². The second-order valence-corrected chi connectivity index (χ2v) is 8.46. The summed E-state index contributed by atoms with van der Waals surface area (Å²) in [6, 6.07) is 1.75. The number of anilines is 2. The molecule has 5 nitrogen and oxygen atoms in total. The molecule has 0 aliphatic carbocycles. The summed E-state index contributed by atoms with van der Waals surface area (Å²) in [5.74, 6) is 2.07. The molecule has 20 heavy (non-hydrogen) atoms. The molecule has 0 spiro atoms. The average Bonchev–Trinajstić information content (AvgIpc) is 2.21. The van der Waals surface area contributed by atoms with E-state index in [0.717, 1.165) is 23.8 Å². The zero-order valence-corrected chi connectivity index (χ0v) is 14.3. The van der Waals surface area contributed by atoms with Crippen molar-refractivity contribution < 1.29 is 8.42 Å². The van der Waals surface area contributed by atoms with Crippen LogP contribution in [0.1, 0.15) is 20.3 Å². The van der Waals surface area contributed by atoms with Gasteiger partial charge in [0.15, 0.2) is 5.82 Å². The molecule has 1 aliphatic rings. The van der Waals surface area contributed by atoms with Crippen LogP contribution in [0.4, 0.5) is 11.5 Å². The number of hydrogen-bond acceptors (Lipinski definition) is 4. The quantitative estimate of drug-likeness (QED) is 0.875. The van der Waals surface area contributed by atoms with E-state index >= 15 is 0 Å². The Morgan fingerprint density at radius 3 is 2.70 bits per heavy atom. The van der Waals surface area contributed by atoms with Crippen molar-refractivity contribution in [3.05, 3.63) is 16.7 Å². The average molecular weight is 362 g/mol. The number of aromatic nitrogens is 1. The fourth-order valence-corrected chi connectivity index (χ4v) is 3.40. The van der Waals surface area contributed by atoms with Gasteiger partial charge in [-0.25, -0.2) is 13.4 Å². The van der Waals surface area contributed by atoms with Crippen LogP contribution < -0.4 is 9.62 Å². The van der Waals surface area contributed by atoms with Gasteiger partial charge in [-0.1, -0.05) is 13.8 Å². The minimum Gasteiger partial charge on any atom is -0.354 e. The van der Waals surface area contributed by atoms with Gasteiger partial charge in [-0.05, 0) is 40.3 Å². The highest BCUT2D eigenvalue weighted by Crippen LogP contribution is 2.33. The summed E-state index contributed by atoms with van der Waals surface area (Å²) in [4.78, 5) is 6.47. The molecule has 0 saturated carbocycles. The predicted octanol–water partition coefficient (Wildman–Crippen LogP) is 2.70. The van der Waals surface area contributed by atoms with E-state index in [9.17, 15) is 8.42 Å². The van der Waals surface area contributed by atoms with E-state index in [4.69, 9.17) is 0 Å². The molecular weight excluding hydrogens is 342 g/mol. The summed E-state index contributed by atoms with van der Waals surface area (Å²) in [7, 11) is -3.30. The number of rotatable bonds is 5. The lowest BCUT2D eigenvalue weighted by molar-refractivity contribution is 0.336. The van der Waals surface area contributed by atoms with Gasteiger partial charge in [0, 0.05) is 23.8 Å². The molecule has 1 fully saturated rings. The van der Waals surface area contributed by atoms with Crippen LogP contribution in [0.2, 0.25) is 0 Å². The molecule has 1 aromatic heterocycles. The molecule has 1 aromatic rings. The SMILES string of the molecule is CC(C)CC1CN(c2ncc(Br)cc2NS(C)(=O)=O)C1. The van der Waals surface area contributed by atoms with E-state index < -0.39 is 10.0 Å². The maximum Gasteiger partial charge on any atom is 0.229 e. The van der Waals surface area contributed by atoms with Gasteiger partial charge < -0.3 is 4.90 Å². The molecule has 0 amide bonds. The fraction of sp³-hybridized carbons (Fsp3) is 0.615. The molecule has 7 heteroatoms. The first-order valence-electron chi connectivity index (χ1n) is 6.63. The molecule has 0 aromatic carbocycles. The lowest BCUT2D eigenvalue weighted by Crippen LogP contribution is -2.48. The first-order valence-corrected chi connectivity index (χ1v) is 9.31. The van der Waals surface area contributed by atoms with Crippen LogP contribution in [0.15, 0.2) is 16.7 Å². The van der Waals surface area contributed by atoms with E-state index in [1.807, 2.05) is 0 Å². The Balaban J connectivity index is 2.13. The third-order valence-corrected chi connectivity index (χ3v) is 4.21. The summed E-state index contributed by atoms with van der Waals surface area (Å²) in [6.07, 6.45) is 4.04. The molecule has 1 aliphatic heterocycles. The van der Waals surface area contributed by atoms with Gasteiger partial charge in [0.05, 0.1) is 11.9 Å². The summed E-state index contributed by atoms with van der Waals surface area (Å²) in [5.41, 5.74) is 0.532. The predicted molar refractivity (Wildman–Crippen MR) is 85.6 cm³/mol. The van der Waals surface area contributed by atoms with Gasteiger partial charge in [-0.3, -0.25) is 4.72 Å². The lowest BCUT2D eigenvalue weighted by atomic mass is 9.90. The Morgan fingerprint density at radius 2 is 2.15 bits per heavy atom. The third kappa shape index (κ3) is 4.09. The van der Waals surface area contributed by atoms with Crippen molar-refractivity contribution in [2.45, 2.75) is 20.3 Å². The second-order valence-electron chi connectivity index (χ2n) is 5.80. The van der Waals surface area contributed by atoms with Crippen LogP contribution >= 0.6 is 15.9 Å². The van der Waals surface area contributed by atoms with Crippen molar-refractivity contribution in [3.63, 3.8) is 0 Å². The molecule has 0 bridgehead atoms. The summed E-state index contributed by atoms with van der Waals surface area (Å²) < 4.78 is 26.1. The molecule has 0 radical (unpaired) electrons. The van der Waals surface area contributed by atoms with Crippen LogP contribution in [-0.2, 0) is 10.0 Å². The van der Waals surface area contributed by atoms with Crippen molar-refractivity contribution in [2.24, 2.45) is 11.8 Å². The Hall–Kier alpha value is -0.820. The second kappa shape index (κ2) is 5.89. The monoisotopic (exact) mass is 361 g/mol. The number of nitrogens with zero attached hydrogens (tertiary/aromatic N) is 2. The molecule has 2 rings (SSSR count).